The van der Waals surface area contributed by atoms with Crippen LogP contribution in [0.5, 0.6) is 0 Å². The van der Waals surface area contributed by atoms with Crippen molar-refractivity contribution in [1.82, 2.24) is 15.6 Å². The second-order valence-corrected chi connectivity index (χ2v) is 6.78. The summed E-state index contributed by atoms with van der Waals surface area (Å²) in [6, 6.07) is 12.8. The molecule has 0 spiro atoms. The van der Waals surface area contributed by atoms with Gasteiger partial charge in [-0.2, -0.15) is 0 Å². The summed E-state index contributed by atoms with van der Waals surface area (Å²) in [6.07, 6.45) is 0. The molecule has 24 heavy (non-hydrogen) atoms. The second-order valence-electron chi connectivity index (χ2n) is 6.78. The number of hydrogen-bond acceptors (Lipinski definition) is 3. The van der Waals surface area contributed by atoms with E-state index in [0.717, 1.165) is 5.56 Å². The van der Waals surface area contributed by atoms with Crippen LogP contribution in [0, 0.1) is 6.92 Å². The summed E-state index contributed by atoms with van der Waals surface area (Å²) in [7, 11) is 0. The van der Waals surface area contributed by atoms with Gasteiger partial charge in [0.15, 0.2) is 0 Å². The molecule has 1 aromatic carbocycles. The Morgan fingerprint density at radius 2 is 1.54 bits per heavy atom. The second kappa shape index (κ2) is 7.25. The number of carbonyl (C=O) groups excluding carboxylic acids is 2. The first-order chi connectivity index (χ1) is 11.2. The molecule has 1 aromatic heterocycles. The molecule has 2 N–H and O–H groups in total. The fourth-order valence-electron chi connectivity index (χ4n) is 2.07. The molecule has 0 saturated carbocycles. The van der Waals surface area contributed by atoms with E-state index in [1.54, 1.807) is 18.2 Å². The molecule has 2 rings (SSSR count). The molecular weight excluding hydrogens is 302 g/mol. The number of nitrogens with one attached hydrogen (secondary N) is 2. The summed E-state index contributed by atoms with van der Waals surface area (Å²) in [4.78, 5) is 28.5. The van der Waals surface area contributed by atoms with Crippen LogP contribution in [0.25, 0.3) is 0 Å². The average molecular weight is 325 g/mol. The van der Waals surface area contributed by atoms with Gasteiger partial charge in [0, 0.05) is 12.1 Å². The summed E-state index contributed by atoms with van der Waals surface area (Å²) in [5.41, 5.74) is 2.28. The highest BCUT2D eigenvalue weighted by molar-refractivity contribution is 5.96. The zero-order valence-corrected chi connectivity index (χ0v) is 14.5. The van der Waals surface area contributed by atoms with Crippen LogP contribution in [0.1, 0.15) is 52.9 Å². The molecule has 0 fully saturated rings. The lowest BCUT2D eigenvalue weighted by Gasteiger charge is -2.20. The largest absolute Gasteiger partial charge is 0.347 e. The van der Waals surface area contributed by atoms with Crippen LogP contribution in [-0.4, -0.2) is 22.3 Å². The molecule has 0 unspecified atom stereocenters. The topological polar surface area (TPSA) is 71.1 Å². The lowest BCUT2D eigenvalue weighted by molar-refractivity contribution is 0.0914. The molecule has 0 atom stereocenters. The number of nitrogens with zero attached hydrogens (tertiary/aromatic N) is 1. The Kier molecular flexibility index (Phi) is 5.34. The molecule has 0 aliphatic rings. The SMILES string of the molecule is Cc1ccc(CNC(=O)c2cccc(C(=O)NC(C)(C)C)n2)cc1. The van der Waals surface area contributed by atoms with Crippen LogP contribution < -0.4 is 10.6 Å². The lowest BCUT2D eigenvalue weighted by Crippen LogP contribution is -2.41. The predicted octanol–water partition coefficient (Wildman–Crippen LogP) is 2.85. The monoisotopic (exact) mass is 325 g/mol. The van der Waals surface area contributed by atoms with Crippen molar-refractivity contribution >= 4 is 11.8 Å². The van der Waals surface area contributed by atoms with Gasteiger partial charge in [-0.25, -0.2) is 4.98 Å². The van der Waals surface area contributed by atoms with Crippen LogP contribution in [0.3, 0.4) is 0 Å². The third-order valence-corrected chi connectivity index (χ3v) is 3.28. The highest BCUT2D eigenvalue weighted by Gasteiger charge is 2.17. The first kappa shape index (κ1) is 17.7. The smallest absolute Gasteiger partial charge is 0.270 e. The van der Waals surface area contributed by atoms with E-state index in [1.165, 1.54) is 5.56 Å². The number of rotatable bonds is 4. The summed E-state index contributed by atoms with van der Waals surface area (Å²) >= 11 is 0. The number of pyridine rings is 1. The summed E-state index contributed by atoms with van der Waals surface area (Å²) < 4.78 is 0. The van der Waals surface area contributed by atoms with Crippen LogP contribution >= 0.6 is 0 Å². The molecule has 1 heterocycles. The van der Waals surface area contributed by atoms with E-state index < -0.39 is 0 Å². The average Bonchev–Trinajstić information content (AvgIpc) is 2.52. The molecule has 0 aliphatic carbocycles. The maximum absolute atomic E-state index is 12.2. The first-order valence-corrected chi connectivity index (χ1v) is 7.88. The summed E-state index contributed by atoms with van der Waals surface area (Å²) in [6.45, 7) is 8.11. The van der Waals surface area contributed by atoms with E-state index in [0.29, 0.717) is 6.54 Å². The number of hydrogen-bond donors (Lipinski definition) is 2. The van der Waals surface area contributed by atoms with E-state index in [9.17, 15) is 9.59 Å². The van der Waals surface area contributed by atoms with Gasteiger partial charge < -0.3 is 10.6 Å². The molecule has 5 nitrogen and oxygen atoms in total. The molecule has 0 aliphatic heterocycles. The van der Waals surface area contributed by atoms with Gasteiger partial charge in [0.25, 0.3) is 11.8 Å². The Morgan fingerprint density at radius 3 is 2.12 bits per heavy atom. The Bertz CT molecular complexity index is 731. The number of aryl methyl sites for hydroxylation is 1. The maximum atomic E-state index is 12.2. The van der Waals surface area contributed by atoms with Gasteiger partial charge in [0.2, 0.25) is 0 Å². The number of amides is 2. The quantitative estimate of drug-likeness (QED) is 0.908. The summed E-state index contributed by atoms with van der Waals surface area (Å²) in [5.74, 6) is -0.600. The molecule has 5 heteroatoms. The molecular formula is C19H23N3O2. The third kappa shape index (κ3) is 5.19. The minimum absolute atomic E-state index is 0.226. The maximum Gasteiger partial charge on any atom is 0.270 e. The molecule has 2 amide bonds. The van der Waals surface area contributed by atoms with Crippen molar-refractivity contribution in [2.75, 3.05) is 0 Å². The molecule has 126 valence electrons. The van der Waals surface area contributed by atoms with Crippen molar-refractivity contribution in [3.8, 4) is 0 Å². The predicted molar refractivity (Wildman–Crippen MR) is 93.8 cm³/mol. The Hall–Kier alpha value is -2.69. The van der Waals surface area contributed by atoms with Crippen molar-refractivity contribution in [2.45, 2.75) is 39.8 Å². The van der Waals surface area contributed by atoms with E-state index >= 15 is 0 Å². The fourth-order valence-corrected chi connectivity index (χ4v) is 2.07. The number of benzene rings is 1. The molecule has 0 radical (unpaired) electrons. The van der Waals surface area contributed by atoms with Gasteiger partial charge in [-0.15, -0.1) is 0 Å². The highest BCUT2D eigenvalue weighted by atomic mass is 16.2. The van der Waals surface area contributed by atoms with Crippen LogP contribution in [-0.2, 0) is 6.54 Å². The van der Waals surface area contributed by atoms with Crippen LogP contribution in [0.2, 0.25) is 0 Å². The lowest BCUT2D eigenvalue weighted by atomic mass is 10.1. The van der Waals surface area contributed by atoms with E-state index in [4.69, 9.17) is 0 Å². The molecule has 0 saturated heterocycles. The zero-order valence-electron chi connectivity index (χ0n) is 14.5. The van der Waals surface area contributed by atoms with Gasteiger partial charge in [-0.05, 0) is 45.4 Å². The van der Waals surface area contributed by atoms with Gasteiger partial charge in [-0.1, -0.05) is 35.9 Å². The first-order valence-electron chi connectivity index (χ1n) is 7.88. The molecule has 2 aromatic rings. The van der Waals surface area contributed by atoms with Crippen molar-refractivity contribution in [3.05, 3.63) is 65.0 Å². The third-order valence-electron chi connectivity index (χ3n) is 3.28. The van der Waals surface area contributed by atoms with Crippen LogP contribution in [0.4, 0.5) is 0 Å². The normalized spacial score (nSPS) is 11.0. The van der Waals surface area contributed by atoms with E-state index in [1.807, 2.05) is 52.0 Å². The number of aromatic nitrogens is 1. The van der Waals surface area contributed by atoms with E-state index in [2.05, 4.69) is 15.6 Å². The van der Waals surface area contributed by atoms with Crippen molar-refractivity contribution < 1.29 is 9.59 Å². The Balaban J connectivity index is 2.03. The van der Waals surface area contributed by atoms with Crippen molar-refractivity contribution in [3.63, 3.8) is 0 Å². The minimum atomic E-state index is -0.359. The summed E-state index contributed by atoms with van der Waals surface area (Å²) in [5, 5.41) is 5.65. The van der Waals surface area contributed by atoms with Gasteiger partial charge >= 0.3 is 0 Å². The van der Waals surface area contributed by atoms with Gasteiger partial charge in [0.05, 0.1) is 0 Å². The van der Waals surface area contributed by atoms with Crippen molar-refractivity contribution in [2.24, 2.45) is 0 Å². The van der Waals surface area contributed by atoms with Gasteiger partial charge in [0.1, 0.15) is 11.4 Å². The minimum Gasteiger partial charge on any atom is -0.347 e. The van der Waals surface area contributed by atoms with Crippen LogP contribution in [0.15, 0.2) is 42.5 Å². The Labute approximate surface area is 142 Å². The van der Waals surface area contributed by atoms with Crippen molar-refractivity contribution in [1.29, 1.82) is 0 Å². The highest BCUT2D eigenvalue weighted by Crippen LogP contribution is 2.06. The number of carbonyl (C=O) groups is 2. The zero-order chi connectivity index (χ0) is 17.7. The fraction of sp³-hybridized carbons (Fsp3) is 0.316. The van der Waals surface area contributed by atoms with Gasteiger partial charge in [-0.3, -0.25) is 9.59 Å². The molecule has 0 bridgehead atoms. The Morgan fingerprint density at radius 1 is 0.958 bits per heavy atom. The standard InChI is InChI=1S/C19H23N3O2/c1-13-8-10-14(11-9-13)12-20-17(23)15-6-5-7-16(21-15)18(24)22-19(2,3)4/h5-11H,12H2,1-4H3,(H,20,23)(H,22,24). The van der Waals surface area contributed by atoms with E-state index in [-0.39, 0.29) is 28.7 Å².